The lowest BCUT2D eigenvalue weighted by molar-refractivity contribution is 0.318. The quantitative estimate of drug-likeness (QED) is 0.380. The van der Waals surface area contributed by atoms with Crippen LogP contribution in [0.15, 0.2) is 27.8 Å². The van der Waals surface area contributed by atoms with E-state index >= 15 is 0 Å². The van der Waals surface area contributed by atoms with Crippen LogP contribution in [0.2, 0.25) is 0 Å². The average Bonchev–Trinajstić information content (AvgIpc) is 2.39. The SMILES string of the molecule is CCC(C)N(CC)c1ccc(Br)cc1/C(N)=N/O. The summed E-state index contributed by atoms with van der Waals surface area (Å²) in [5.41, 5.74) is 7.49. The smallest absolute Gasteiger partial charge is 0.172 e. The van der Waals surface area contributed by atoms with E-state index in [0.717, 1.165) is 28.7 Å². The number of halogens is 1. The van der Waals surface area contributed by atoms with Gasteiger partial charge in [-0.3, -0.25) is 0 Å². The third-order valence-electron chi connectivity index (χ3n) is 3.12. The zero-order valence-corrected chi connectivity index (χ0v) is 12.6. The molecule has 0 aliphatic carbocycles. The second-order valence-corrected chi connectivity index (χ2v) is 5.11. The number of anilines is 1. The summed E-state index contributed by atoms with van der Waals surface area (Å²) < 4.78 is 0.910. The second-order valence-electron chi connectivity index (χ2n) is 4.19. The highest BCUT2D eigenvalue weighted by molar-refractivity contribution is 9.10. The highest BCUT2D eigenvalue weighted by atomic mass is 79.9. The Hall–Kier alpha value is -1.23. The monoisotopic (exact) mass is 313 g/mol. The van der Waals surface area contributed by atoms with Crippen LogP contribution in [0.4, 0.5) is 5.69 Å². The first kappa shape index (κ1) is 14.8. The molecule has 18 heavy (non-hydrogen) atoms. The molecule has 5 heteroatoms. The predicted octanol–water partition coefficient (Wildman–Crippen LogP) is 3.17. The molecule has 1 atom stereocenters. The van der Waals surface area contributed by atoms with Gasteiger partial charge in [0.1, 0.15) is 0 Å². The fourth-order valence-electron chi connectivity index (χ4n) is 1.96. The van der Waals surface area contributed by atoms with E-state index in [9.17, 15) is 0 Å². The average molecular weight is 314 g/mol. The lowest BCUT2D eigenvalue weighted by Crippen LogP contribution is -2.34. The Morgan fingerprint density at radius 3 is 2.67 bits per heavy atom. The minimum absolute atomic E-state index is 0.132. The first-order valence-electron chi connectivity index (χ1n) is 6.09. The number of nitrogens with two attached hydrogens (primary N) is 1. The summed E-state index contributed by atoms with van der Waals surface area (Å²) in [6.45, 7) is 7.30. The molecule has 3 N–H and O–H groups in total. The molecule has 0 spiro atoms. The van der Waals surface area contributed by atoms with Gasteiger partial charge >= 0.3 is 0 Å². The molecule has 0 aliphatic heterocycles. The summed E-state index contributed by atoms with van der Waals surface area (Å²) in [4.78, 5) is 2.25. The van der Waals surface area contributed by atoms with Gasteiger partial charge in [0.25, 0.3) is 0 Å². The zero-order valence-electron chi connectivity index (χ0n) is 11.0. The van der Waals surface area contributed by atoms with Crippen LogP contribution < -0.4 is 10.6 Å². The molecule has 1 aromatic carbocycles. The molecule has 0 aliphatic rings. The van der Waals surface area contributed by atoms with Crippen molar-refractivity contribution >= 4 is 27.5 Å². The molecule has 4 nitrogen and oxygen atoms in total. The fourth-order valence-corrected chi connectivity index (χ4v) is 2.32. The summed E-state index contributed by atoms with van der Waals surface area (Å²) in [5, 5.41) is 12.0. The second kappa shape index (κ2) is 6.64. The first-order valence-corrected chi connectivity index (χ1v) is 6.88. The van der Waals surface area contributed by atoms with Gasteiger partial charge in [0.15, 0.2) is 5.84 Å². The fraction of sp³-hybridized carbons (Fsp3) is 0.462. The summed E-state index contributed by atoms with van der Waals surface area (Å²) >= 11 is 3.41. The largest absolute Gasteiger partial charge is 0.409 e. The van der Waals surface area contributed by atoms with Gasteiger partial charge in [0, 0.05) is 28.3 Å². The Labute approximate surface area is 117 Å². The molecule has 0 heterocycles. The van der Waals surface area contributed by atoms with Crippen molar-refractivity contribution < 1.29 is 5.21 Å². The number of hydrogen-bond donors (Lipinski definition) is 2. The van der Waals surface area contributed by atoms with Gasteiger partial charge in [0.05, 0.1) is 0 Å². The van der Waals surface area contributed by atoms with Crippen molar-refractivity contribution in [3.05, 3.63) is 28.2 Å². The van der Waals surface area contributed by atoms with Gasteiger partial charge in [-0.15, -0.1) is 0 Å². The van der Waals surface area contributed by atoms with Crippen LogP contribution in [0, 0.1) is 0 Å². The maximum atomic E-state index is 8.88. The van der Waals surface area contributed by atoms with Crippen LogP contribution in [0.5, 0.6) is 0 Å². The van der Waals surface area contributed by atoms with Gasteiger partial charge in [-0.05, 0) is 38.5 Å². The molecule has 0 aromatic heterocycles. The van der Waals surface area contributed by atoms with Gasteiger partial charge in [-0.1, -0.05) is 28.0 Å². The Bertz CT molecular complexity index is 434. The van der Waals surface area contributed by atoms with E-state index in [1.54, 1.807) is 0 Å². The van der Waals surface area contributed by atoms with E-state index in [4.69, 9.17) is 10.9 Å². The van der Waals surface area contributed by atoms with Crippen LogP contribution in [-0.4, -0.2) is 23.6 Å². The maximum Gasteiger partial charge on any atom is 0.172 e. The van der Waals surface area contributed by atoms with Gasteiger partial charge in [-0.2, -0.15) is 0 Å². The zero-order chi connectivity index (χ0) is 13.7. The summed E-state index contributed by atoms with van der Waals surface area (Å²) in [5.74, 6) is 0.132. The highest BCUT2D eigenvalue weighted by Gasteiger charge is 2.17. The third-order valence-corrected chi connectivity index (χ3v) is 3.61. The van der Waals surface area contributed by atoms with Crippen LogP contribution in [0.25, 0.3) is 0 Å². The number of amidine groups is 1. The summed E-state index contributed by atoms with van der Waals surface area (Å²) in [7, 11) is 0. The third kappa shape index (κ3) is 3.16. The molecule has 1 unspecified atom stereocenters. The Balaban J connectivity index is 3.29. The standard InChI is InChI=1S/C13H20BrN3O/c1-4-9(3)17(5-2)12-7-6-10(14)8-11(12)13(15)16-18/h6-9,18H,4-5H2,1-3H3,(H2,15,16). The molecule has 0 saturated heterocycles. The van der Waals surface area contributed by atoms with E-state index < -0.39 is 0 Å². The number of oxime groups is 1. The highest BCUT2D eigenvalue weighted by Crippen LogP contribution is 2.26. The molecule has 1 aromatic rings. The van der Waals surface area contributed by atoms with Crippen molar-refractivity contribution in [2.75, 3.05) is 11.4 Å². The molecule has 100 valence electrons. The van der Waals surface area contributed by atoms with Gasteiger partial charge in [-0.25, -0.2) is 0 Å². The van der Waals surface area contributed by atoms with Crippen LogP contribution >= 0.6 is 15.9 Å². The van der Waals surface area contributed by atoms with E-state index in [-0.39, 0.29) is 5.84 Å². The van der Waals surface area contributed by atoms with Crippen molar-refractivity contribution in [2.45, 2.75) is 33.2 Å². The molecule has 0 fully saturated rings. The van der Waals surface area contributed by atoms with Gasteiger partial charge in [0.2, 0.25) is 0 Å². The minimum Gasteiger partial charge on any atom is -0.409 e. The summed E-state index contributed by atoms with van der Waals surface area (Å²) in [6, 6.07) is 6.23. The van der Waals surface area contributed by atoms with Crippen molar-refractivity contribution in [1.29, 1.82) is 0 Å². The molecule has 0 bridgehead atoms. The van der Waals surface area contributed by atoms with Crippen LogP contribution in [0.3, 0.4) is 0 Å². The van der Waals surface area contributed by atoms with E-state index in [2.05, 4.69) is 46.8 Å². The van der Waals surface area contributed by atoms with Crippen molar-refractivity contribution in [3.8, 4) is 0 Å². The van der Waals surface area contributed by atoms with E-state index in [1.807, 2.05) is 18.2 Å². The first-order chi connectivity index (χ1) is 8.54. The topological polar surface area (TPSA) is 61.8 Å². The Morgan fingerprint density at radius 2 is 2.17 bits per heavy atom. The normalized spacial score (nSPS) is 13.4. The molecular formula is C13H20BrN3O. The van der Waals surface area contributed by atoms with Gasteiger partial charge < -0.3 is 15.8 Å². The predicted molar refractivity (Wildman–Crippen MR) is 79.4 cm³/mol. The van der Waals surface area contributed by atoms with Crippen molar-refractivity contribution in [1.82, 2.24) is 0 Å². The maximum absolute atomic E-state index is 8.88. The van der Waals surface area contributed by atoms with Crippen molar-refractivity contribution in [2.24, 2.45) is 10.9 Å². The van der Waals surface area contributed by atoms with E-state index in [1.165, 1.54) is 0 Å². The van der Waals surface area contributed by atoms with E-state index in [0.29, 0.717) is 6.04 Å². The number of nitrogens with zero attached hydrogens (tertiary/aromatic N) is 2. The Kier molecular flexibility index (Phi) is 5.47. The minimum atomic E-state index is 0.132. The number of hydrogen-bond acceptors (Lipinski definition) is 3. The van der Waals surface area contributed by atoms with Crippen LogP contribution in [-0.2, 0) is 0 Å². The molecule has 0 amide bonds. The number of benzene rings is 1. The Morgan fingerprint density at radius 1 is 1.50 bits per heavy atom. The number of rotatable bonds is 5. The van der Waals surface area contributed by atoms with Crippen LogP contribution in [0.1, 0.15) is 32.8 Å². The molecular weight excluding hydrogens is 294 g/mol. The molecule has 1 rings (SSSR count). The van der Waals surface area contributed by atoms with Crippen molar-refractivity contribution in [3.63, 3.8) is 0 Å². The molecule has 0 saturated carbocycles. The lowest BCUT2D eigenvalue weighted by Gasteiger charge is -2.31. The summed E-state index contributed by atoms with van der Waals surface area (Å²) in [6.07, 6.45) is 1.04. The lowest BCUT2D eigenvalue weighted by atomic mass is 10.1. The molecule has 0 radical (unpaired) electrons.